The Morgan fingerprint density at radius 3 is 2.31 bits per heavy atom. The number of hydrogen-bond acceptors (Lipinski definition) is 2. The molecule has 0 N–H and O–H groups in total. The van der Waals surface area contributed by atoms with Crippen LogP contribution in [0.2, 0.25) is 10.0 Å². The van der Waals surface area contributed by atoms with Crippen molar-refractivity contribution in [2.24, 2.45) is 0 Å². The largest absolute Gasteiger partial charge is 0.326 e. The molecule has 0 spiro atoms. The van der Waals surface area contributed by atoms with Gasteiger partial charge in [-0.1, -0.05) is 47.5 Å². The monoisotopic (exact) mass is 515 g/mol. The van der Waals surface area contributed by atoms with Gasteiger partial charge in [-0.15, -0.1) is 0 Å². The van der Waals surface area contributed by atoms with Crippen molar-refractivity contribution < 1.29 is 9.59 Å². The molecule has 0 radical (unpaired) electrons. The molecule has 180 valence electrons. The first-order valence-corrected chi connectivity index (χ1v) is 12.7. The van der Waals surface area contributed by atoms with E-state index in [-0.39, 0.29) is 30.4 Å². The zero-order valence-corrected chi connectivity index (χ0v) is 20.9. The van der Waals surface area contributed by atoms with E-state index in [1.54, 1.807) is 29.2 Å². The number of anilines is 1. The van der Waals surface area contributed by atoms with Crippen LogP contribution in [0, 0.1) is 0 Å². The first-order chi connectivity index (χ1) is 17.5. The lowest BCUT2D eigenvalue weighted by molar-refractivity contribution is -0.119. The van der Waals surface area contributed by atoms with Gasteiger partial charge in [0.25, 0.3) is 5.91 Å². The molecule has 36 heavy (non-hydrogen) atoms. The maximum absolute atomic E-state index is 14.2. The number of benzene rings is 3. The van der Waals surface area contributed by atoms with Gasteiger partial charge in [0.2, 0.25) is 5.91 Å². The van der Waals surface area contributed by atoms with Gasteiger partial charge in [0, 0.05) is 27.8 Å². The van der Waals surface area contributed by atoms with Crippen LogP contribution in [-0.2, 0) is 4.79 Å². The Hall–Kier alpha value is -3.54. The minimum atomic E-state index is -0.382. The lowest BCUT2D eigenvalue weighted by Gasteiger charge is -2.39. The molecule has 2 amide bonds. The minimum Gasteiger partial charge on any atom is -0.326 e. The molecule has 6 rings (SSSR count). The van der Waals surface area contributed by atoms with E-state index in [4.69, 9.17) is 23.2 Å². The highest BCUT2D eigenvalue weighted by Gasteiger charge is 2.40. The maximum atomic E-state index is 14.2. The van der Waals surface area contributed by atoms with Crippen molar-refractivity contribution in [2.45, 2.75) is 24.9 Å². The molecule has 1 aliphatic heterocycles. The highest BCUT2D eigenvalue weighted by atomic mass is 35.5. The van der Waals surface area contributed by atoms with Crippen LogP contribution >= 0.6 is 23.2 Å². The first kappa shape index (κ1) is 22.9. The summed E-state index contributed by atoms with van der Waals surface area (Å²) in [6, 6.07) is 26.0. The number of halogens is 2. The molecule has 3 aromatic carbocycles. The molecule has 0 saturated heterocycles. The van der Waals surface area contributed by atoms with Crippen molar-refractivity contribution in [3.8, 4) is 5.69 Å². The van der Waals surface area contributed by atoms with E-state index >= 15 is 0 Å². The van der Waals surface area contributed by atoms with Gasteiger partial charge in [-0.3, -0.25) is 14.5 Å². The lowest BCUT2D eigenvalue weighted by Crippen LogP contribution is -2.47. The Kier molecular flexibility index (Phi) is 5.82. The molecule has 1 aliphatic carbocycles. The molecule has 7 heteroatoms. The summed E-state index contributed by atoms with van der Waals surface area (Å²) in [4.78, 5) is 31.1. The molecular formula is C29H23Cl2N3O2. The van der Waals surface area contributed by atoms with Crippen LogP contribution < -0.4 is 4.90 Å². The summed E-state index contributed by atoms with van der Waals surface area (Å²) in [7, 11) is 0. The summed E-state index contributed by atoms with van der Waals surface area (Å²) < 4.78 is 2.11. The summed E-state index contributed by atoms with van der Waals surface area (Å²) in [5.74, 6) is -0.301. The summed E-state index contributed by atoms with van der Waals surface area (Å²) in [5, 5.41) is 1.17. The van der Waals surface area contributed by atoms with E-state index in [1.165, 1.54) is 0 Å². The summed E-state index contributed by atoms with van der Waals surface area (Å²) in [6.07, 6.45) is 3.79. The smallest absolute Gasteiger partial charge is 0.254 e. The molecule has 1 saturated carbocycles. The lowest BCUT2D eigenvalue weighted by atomic mass is 9.97. The summed E-state index contributed by atoms with van der Waals surface area (Å²) in [6.45, 7) is -0.0156. The third kappa shape index (κ3) is 4.08. The molecular weight excluding hydrogens is 493 g/mol. The summed E-state index contributed by atoms with van der Waals surface area (Å²) in [5.41, 5.74) is 4.12. The van der Waals surface area contributed by atoms with E-state index in [2.05, 4.69) is 4.57 Å². The Bertz CT molecular complexity index is 1460. The van der Waals surface area contributed by atoms with Gasteiger partial charge in [0.1, 0.15) is 12.6 Å². The van der Waals surface area contributed by atoms with Gasteiger partial charge in [-0.2, -0.15) is 0 Å². The first-order valence-electron chi connectivity index (χ1n) is 11.9. The van der Waals surface area contributed by atoms with Crippen molar-refractivity contribution in [1.29, 1.82) is 0 Å². The molecule has 1 fully saturated rings. The van der Waals surface area contributed by atoms with Crippen molar-refractivity contribution in [3.63, 3.8) is 0 Å². The van der Waals surface area contributed by atoms with Crippen LogP contribution in [-0.4, -0.2) is 33.9 Å². The normalized spacial score (nSPS) is 16.3. The SMILES string of the molecule is O=C(c1ccc(Cl)cc1)N(CC(=O)N1c2ccccc2-n2cccc2[C@@H]1c1cccc(Cl)c1)C1CC1. The van der Waals surface area contributed by atoms with E-state index in [9.17, 15) is 9.59 Å². The molecule has 2 aliphatic rings. The van der Waals surface area contributed by atoms with E-state index in [0.29, 0.717) is 15.6 Å². The van der Waals surface area contributed by atoms with E-state index in [1.807, 2.05) is 71.8 Å². The highest BCUT2D eigenvalue weighted by molar-refractivity contribution is 6.31. The van der Waals surface area contributed by atoms with Crippen LogP contribution in [0.25, 0.3) is 5.69 Å². The number of para-hydroxylation sites is 2. The maximum Gasteiger partial charge on any atom is 0.254 e. The molecule has 4 aromatic rings. The Morgan fingerprint density at radius 2 is 1.58 bits per heavy atom. The van der Waals surface area contributed by atoms with Crippen molar-refractivity contribution in [3.05, 3.63) is 118 Å². The van der Waals surface area contributed by atoms with Crippen LogP contribution in [0.1, 0.15) is 40.5 Å². The molecule has 1 atom stereocenters. The quantitative estimate of drug-likeness (QED) is 0.303. The molecule has 0 unspecified atom stereocenters. The van der Waals surface area contributed by atoms with Gasteiger partial charge >= 0.3 is 0 Å². The van der Waals surface area contributed by atoms with Gasteiger partial charge in [-0.25, -0.2) is 0 Å². The Morgan fingerprint density at radius 1 is 0.833 bits per heavy atom. The predicted octanol–water partition coefficient (Wildman–Crippen LogP) is 6.52. The van der Waals surface area contributed by atoms with Gasteiger partial charge in [0.15, 0.2) is 0 Å². The number of carbonyl (C=O) groups is 2. The zero-order chi connectivity index (χ0) is 24.8. The number of nitrogens with zero attached hydrogens (tertiary/aromatic N) is 3. The number of amides is 2. The molecule has 1 aromatic heterocycles. The van der Waals surface area contributed by atoms with Crippen LogP contribution in [0.5, 0.6) is 0 Å². The minimum absolute atomic E-state index is 0.0156. The van der Waals surface area contributed by atoms with E-state index < -0.39 is 0 Å². The number of hydrogen-bond donors (Lipinski definition) is 0. The van der Waals surface area contributed by atoms with Crippen molar-refractivity contribution in [1.82, 2.24) is 9.47 Å². The molecule has 5 nitrogen and oxygen atoms in total. The number of fused-ring (bicyclic) bond motifs is 3. The molecule has 2 heterocycles. The average molecular weight is 516 g/mol. The molecule has 0 bridgehead atoms. The Labute approximate surface area is 219 Å². The van der Waals surface area contributed by atoms with Gasteiger partial charge < -0.3 is 9.47 Å². The second-order valence-corrected chi connectivity index (χ2v) is 10.1. The van der Waals surface area contributed by atoms with Gasteiger partial charge in [-0.05, 0) is 79.1 Å². The van der Waals surface area contributed by atoms with Crippen LogP contribution in [0.4, 0.5) is 5.69 Å². The number of aromatic nitrogens is 1. The summed E-state index contributed by atoms with van der Waals surface area (Å²) >= 11 is 12.4. The fraction of sp³-hybridized carbons (Fsp3) is 0.172. The topological polar surface area (TPSA) is 45.6 Å². The average Bonchev–Trinajstić information content (AvgIpc) is 3.61. The van der Waals surface area contributed by atoms with E-state index in [0.717, 1.165) is 35.5 Å². The third-order valence-electron chi connectivity index (χ3n) is 6.80. The standard InChI is InChI=1S/C29H23Cl2N3O2/c30-21-12-10-19(11-13-21)29(36)33(23-14-15-23)18-27(35)34-25-8-2-1-7-24(25)32-16-4-9-26(32)28(34)20-5-3-6-22(31)17-20/h1-13,16-17,23,28H,14-15,18H2/t28-/m0/s1. The number of rotatable bonds is 5. The fourth-order valence-corrected chi connectivity index (χ4v) is 5.31. The second kappa shape index (κ2) is 9.16. The van der Waals surface area contributed by atoms with Crippen LogP contribution in [0.15, 0.2) is 91.1 Å². The van der Waals surface area contributed by atoms with Crippen LogP contribution in [0.3, 0.4) is 0 Å². The van der Waals surface area contributed by atoms with Gasteiger partial charge in [0.05, 0.1) is 17.1 Å². The predicted molar refractivity (Wildman–Crippen MR) is 142 cm³/mol. The Balaban J connectivity index is 1.41. The third-order valence-corrected chi connectivity index (χ3v) is 7.28. The van der Waals surface area contributed by atoms with Crippen molar-refractivity contribution in [2.75, 3.05) is 11.4 Å². The fourth-order valence-electron chi connectivity index (χ4n) is 4.99. The highest BCUT2D eigenvalue weighted by Crippen LogP contribution is 2.43. The van der Waals surface area contributed by atoms with Crippen molar-refractivity contribution >= 4 is 40.7 Å². The number of carbonyl (C=O) groups excluding carboxylic acids is 2. The second-order valence-electron chi connectivity index (χ2n) is 9.18. The zero-order valence-electron chi connectivity index (χ0n) is 19.4.